The van der Waals surface area contributed by atoms with E-state index in [9.17, 15) is 0 Å². The van der Waals surface area contributed by atoms with Crippen LogP contribution in [0.25, 0.3) is 0 Å². The monoisotopic (exact) mass is 207 g/mol. The first kappa shape index (κ1) is 11.0. The molecule has 2 saturated heterocycles. The number of piperidine rings is 1. The molecule has 0 saturated carbocycles. The van der Waals surface area contributed by atoms with Gasteiger partial charge in [0.2, 0.25) is 0 Å². The highest BCUT2D eigenvalue weighted by molar-refractivity contribution is 5.04. The van der Waals surface area contributed by atoms with Crippen LogP contribution in [-0.4, -0.2) is 37.7 Å². The second kappa shape index (κ2) is 5.01. The lowest BCUT2D eigenvalue weighted by Crippen LogP contribution is -2.40. The van der Waals surface area contributed by atoms with Crippen LogP contribution in [0.3, 0.4) is 0 Å². The molecule has 0 bridgehead atoms. The van der Waals surface area contributed by atoms with E-state index >= 15 is 0 Å². The van der Waals surface area contributed by atoms with Crippen molar-refractivity contribution < 1.29 is 4.74 Å². The topological polar surface area (TPSA) is 12.5 Å². The van der Waals surface area contributed by atoms with Crippen molar-refractivity contribution in [3.8, 4) is 11.8 Å². The molecule has 2 aliphatic rings. The molecule has 0 spiro atoms. The number of fused-ring (bicyclic) bond motifs is 1. The molecule has 2 unspecified atom stereocenters. The van der Waals surface area contributed by atoms with Gasteiger partial charge in [0.05, 0.1) is 13.2 Å². The van der Waals surface area contributed by atoms with Crippen molar-refractivity contribution in [2.75, 3.05) is 32.8 Å². The fraction of sp³-hybridized carbons (Fsp3) is 0.846. The Kier molecular flexibility index (Phi) is 3.66. The summed E-state index contributed by atoms with van der Waals surface area (Å²) in [4.78, 5) is 2.48. The summed E-state index contributed by atoms with van der Waals surface area (Å²) in [6.07, 6.45) is 1.30. The molecule has 0 amide bonds. The van der Waals surface area contributed by atoms with Gasteiger partial charge in [-0.25, -0.2) is 0 Å². The van der Waals surface area contributed by atoms with Crippen molar-refractivity contribution in [1.82, 2.24) is 4.90 Å². The minimum absolute atomic E-state index is 0.498. The van der Waals surface area contributed by atoms with Gasteiger partial charge in [-0.15, -0.1) is 0 Å². The summed E-state index contributed by atoms with van der Waals surface area (Å²) in [6, 6.07) is 0. The molecule has 15 heavy (non-hydrogen) atoms. The zero-order valence-corrected chi connectivity index (χ0v) is 9.83. The average Bonchev–Trinajstić information content (AvgIpc) is 2.64. The maximum atomic E-state index is 5.52. The van der Waals surface area contributed by atoms with Crippen molar-refractivity contribution in [3.05, 3.63) is 0 Å². The van der Waals surface area contributed by atoms with E-state index in [0.717, 1.165) is 31.6 Å². The van der Waals surface area contributed by atoms with Crippen LogP contribution >= 0.6 is 0 Å². The first-order valence-corrected chi connectivity index (χ1v) is 6.04. The molecule has 0 N–H and O–H groups in total. The molecule has 0 aliphatic carbocycles. The fourth-order valence-electron chi connectivity index (χ4n) is 2.44. The second-order valence-electron chi connectivity index (χ2n) is 5.06. The number of hydrogen-bond donors (Lipinski definition) is 0. The van der Waals surface area contributed by atoms with Crippen molar-refractivity contribution in [3.63, 3.8) is 0 Å². The third-order valence-electron chi connectivity index (χ3n) is 3.33. The normalized spacial score (nSPS) is 31.1. The van der Waals surface area contributed by atoms with Crippen LogP contribution in [0.1, 0.15) is 20.3 Å². The molecule has 2 aliphatic heterocycles. The van der Waals surface area contributed by atoms with Gasteiger partial charge in [0.1, 0.15) is 0 Å². The van der Waals surface area contributed by atoms with Gasteiger partial charge in [-0.2, -0.15) is 0 Å². The summed E-state index contributed by atoms with van der Waals surface area (Å²) in [5.41, 5.74) is 0. The molecule has 2 atom stereocenters. The van der Waals surface area contributed by atoms with Gasteiger partial charge < -0.3 is 4.74 Å². The lowest BCUT2D eigenvalue weighted by atomic mass is 9.89. The lowest BCUT2D eigenvalue weighted by molar-refractivity contribution is 0.162. The molecule has 0 aromatic heterocycles. The molecule has 2 rings (SSSR count). The molecule has 0 aromatic rings. The molecular weight excluding hydrogens is 186 g/mol. The highest BCUT2D eigenvalue weighted by atomic mass is 16.5. The Hall–Kier alpha value is -0.520. The fourth-order valence-corrected chi connectivity index (χ4v) is 2.44. The molecule has 2 nitrogen and oxygen atoms in total. The van der Waals surface area contributed by atoms with E-state index in [1.54, 1.807) is 0 Å². The van der Waals surface area contributed by atoms with Crippen molar-refractivity contribution in [1.29, 1.82) is 0 Å². The van der Waals surface area contributed by atoms with Gasteiger partial charge >= 0.3 is 0 Å². The van der Waals surface area contributed by atoms with Gasteiger partial charge in [0, 0.05) is 25.0 Å². The summed E-state index contributed by atoms with van der Waals surface area (Å²) in [5.74, 6) is 8.61. The Morgan fingerprint density at radius 1 is 1.33 bits per heavy atom. The van der Waals surface area contributed by atoms with Crippen LogP contribution < -0.4 is 0 Å². The molecule has 2 fully saturated rings. The largest absolute Gasteiger partial charge is 0.381 e. The molecule has 84 valence electrons. The van der Waals surface area contributed by atoms with Gasteiger partial charge in [-0.3, -0.25) is 4.90 Å². The van der Waals surface area contributed by atoms with E-state index < -0.39 is 0 Å². The number of nitrogens with zero attached hydrogens (tertiary/aromatic N) is 1. The zero-order chi connectivity index (χ0) is 10.7. The van der Waals surface area contributed by atoms with Crippen LogP contribution in [0.5, 0.6) is 0 Å². The lowest BCUT2D eigenvalue weighted by Gasteiger charge is -2.32. The highest BCUT2D eigenvalue weighted by Crippen LogP contribution is 2.28. The molecule has 2 heterocycles. The first-order chi connectivity index (χ1) is 7.25. The van der Waals surface area contributed by atoms with E-state index in [2.05, 4.69) is 30.6 Å². The van der Waals surface area contributed by atoms with Gasteiger partial charge in [0.25, 0.3) is 0 Å². The van der Waals surface area contributed by atoms with Crippen molar-refractivity contribution in [2.24, 2.45) is 17.8 Å². The molecule has 0 radical (unpaired) electrons. The first-order valence-electron chi connectivity index (χ1n) is 6.04. The maximum Gasteiger partial charge on any atom is 0.0601 e. The zero-order valence-electron chi connectivity index (χ0n) is 9.83. The summed E-state index contributed by atoms with van der Waals surface area (Å²) < 4.78 is 5.52. The minimum Gasteiger partial charge on any atom is -0.381 e. The number of hydrogen-bond acceptors (Lipinski definition) is 2. The summed E-state index contributed by atoms with van der Waals surface area (Å²) >= 11 is 0. The average molecular weight is 207 g/mol. The summed E-state index contributed by atoms with van der Waals surface area (Å²) in [7, 11) is 0. The molecular formula is C13H21NO. The summed E-state index contributed by atoms with van der Waals surface area (Å²) in [5, 5.41) is 0. The van der Waals surface area contributed by atoms with Gasteiger partial charge in [-0.1, -0.05) is 25.7 Å². The Morgan fingerprint density at radius 2 is 2.13 bits per heavy atom. The maximum absolute atomic E-state index is 5.52. The van der Waals surface area contributed by atoms with Gasteiger partial charge in [0.15, 0.2) is 0 Å². The molecule has 0 aromatic carbocycles. The Morgan fingerprint density at radius 3 is 2.93 bits per heavy atom. The van der Waals surface area contributed by atoms with E-state index in [1.165, 1.54) is 19.5 Å². The SMILES string of the molecule is CC(C)C#CCN1CCC2COCC2C1. The van der Waals surface area contributed by atoms with Crippen LogP contribution in [0, 0.1) is 29.6 Å². The summed E-state index contributed by atoms with van der Waals surface area (Å²) in [6.45, 7) is 9.60. The van der Waals surface area contributed by atoms with E-state index in [-0.39, 0.29) is 0 Å². The highest BCUT2D eigenvalue weighted by Gasteiger charge is 2.33. The van der Waals surface area contributed by atoms with E-state index in [0.29, 0.717) is 5.92 Å². The Balaban J connectivity index is 1.78. The molecule has 2 heteroatoms. The minimum atomic E-state index is 0.498. The predicted molar refractivity (Wildman–Crippen MR) is 61.5 cm³/mol. The third-order valence-corrected chi connectivity index (χ3v) is 3.33. The van der Waals surface area contributed by atoms with Crippen molar-refractivity contribution in [2.45, 2.75) is 20.3 Å². The number of ether oxygens (including phenoxy) is 1. The standard InChI is InChI=1S/C13H21NO/c1-11(2)4-3-6-14-7-5-12-9-15-10-13(12)8-14/h11-13H,5-10H2,1-2H3. The van der Waals surface area contributed by atoms with Crippen molar-refractivity contribution >= 4 is 0 Å². The predicted octanol–water partition coefficient (Wildman–Crippen LogP) is 1.61. The van der Waals surface area contributed by atoms with Crippen LogP contribution in [0.2, 0.25) is 0 Å². The Bertz CT molecular complexity index is 263. The smallest absolute Gasteiger partial charge is 0.0601 e. The van der Waals surface area contributed by atoms with Crippen LogP contribution in [-0.2, 0) is 4.74 Å². The van der Waals surface area contributed by atoms with E-state index in [4.69, 9.17) is 4.74 Å². The quantitative estimate of drug-likeness (QED) is 0.606. The van der Waals surface area contributed by atoms with Crippen LogP contribution in [0.4, 0.5) is 0 Å². The second-order valence-corrected chi connectivity index (χ2v) is 5.06. The van der Waals surface area contributed by atoms with Gasteiger partial charge in [-0.05, 0) is 18.9 Å². The van der Waals surface area contributed by atoms with E-state index in [1.807, 2.05) is 0 Å². The number of rotatable bonds is 1. The third kappa shape index (κ3) is 2.96. The van der Waals surface area contributed by atoms with Crippen LogP contribution in [0.15, 0.2) is 0 Å². The Labute approximate surface area is 93.0 Å². The number of likely N-dealkylation sites (tertiary alicyclic amines) is 1.